The molecule has 20 heavy (non-hydrogen) atoms. The summed E-state index contributed by atoms with van der Waals surface area (Å²) in [5.74, 6) is 0.446. The van der Waals surface area contributed by atoms with Gasteiger partial charge in [0.15, 0.2) is 5.76 Å². The molecule has 1 fully saturated rings. The molecule has 8 heteroatoms. The lowest BCUT2D eigenvalue weighted by Crippen LogP contribution is -2.41. The number of hydrogen-bond donors (Lipinski definition) is 1. The van der Waals surface area contributed by atoms with Crippen molar-refractivity contribution >= 4 is 5.91 Å². The predicted octanol–water partition coefficient (Wildman–Crippen LogP) is 1.15. The Bertz CT molecular complexity index is 489. The molecule has 1 N–H and O–H groups in total. The third-order valence-electron chi connectivity index (χ3n) is 2.99. The summed E-state index contributed by atoms with van der Waals surface area (Å²) in [5.41, 5.74) is 8.21. The largest absolute Gasteiger partial charge is 0.456 e. The molecule has 0 aromatic carbocycles. The topological polar surface area (TPSA) is 103 Å². The fourth-order valence-electron chi connectivity index (χ4n) is 1.93. The third-order valence-corrected chi connectivity index (χ3v) is 2.99. The van der Waals surface area contributed by atoms with Gasteiger partial charge in [-0.15, -0.1) is 0 Å². The predicted molar refractivity (Wildman–Crippen MR) is 71.2 cm³/mol. The Morgan fingerprint density at radius 2 is 2.25 bits per heavy atom. The average molecular weight is 279 g/mol. The average Bonchev–Trinajstić information content (AvgIpc) is 2.95. The second-order valence-electron chi connectivity index (χ2n) is 4.36. The molecular formula is C12H17N5O3. The number of amides is 1. The quantitative estimate of drug-likeness (QED) is 0.479. The van der Waals surface area contributed by atoms with Gasteiger partial charge in [-0.05, 0) is 17.7 Å². The molecule has 0 radical (unpaired) electrons. The molecule has 0 saturated carbocycles. The number of hydrogen-bond acceptors (Lipinski definition) is 5. The maximum atomic E-state index is 11.8. The molecule has 0 spiro atoms. The van der Waals surface area contributed by atoms with Crippen LogP contribution in [0, 0.1) is 0 Å². The van der Waals surface area contributed by atoms with Crippen molar-refractivity contribution in [1.29, 1.82) is 0 Å². The smallest absolute Gasteiger partial charge is 0.287 e. The Morgan fingerprint density at radius 3 is 3.00 bits per heavy atom. The highest BCUT2D eigenvalue weighted by molar-refractivity contribution is 5.91. The van der Waals surface area contributed by atoms with Crippen LogP contribution in [0.4, 0.5) is 0 Å². The van der Waals surface area contributed by atoms with Gasteiger partial charge in [0, 0.05) is 31.1 Å². The van der Waals surface area contributed by atoms with E-state index in [0.717, 1.165) is 32.8 Å². The minimum Gasteiger partial charge on any atom is -0.456 e. The molecule has 1 aromatic rings. The van der Waals surface area contributed by atoms with Crippen molar-refractivity contribution in [3.05, 3.63) is 34.1 Å². The van der Waals surface area contributed by atoms with Crippen LogP contribution in [0.3, 0.4) is 0 Å². The highest BCUT2D eigenvalue weighted by Crippen LogP contribution is 2.09. The summed E-state index contributed by atoms with van der Waals surface area (Å²) in [5, 5.41) is 6.17. The van der Waals surface area contributed by atoms with Crippen LogP contribution in [0.2, 0.25) is 0 Å². The van der Waals surface area contributed by atoms with Crippen LogP contribution in [0.15, 0.2) is 21.7 Å². The molecule has 2 heterocycles. The highest BCUT2D eigenvalue weighted by Gasteiger charge is 2.13. The van der Waals surface area contributed by atoms with Gasteiger partial charge in [-0.3, -0.25) is 9.69 Å². The van der Waals surface area contributed by atoms with Crippen LogP contribution in [0.1, 0.15) is 16.3 Å². The van der Waals surface area contributed by atoms with Crippen molar-refractivity contribution in [3.63, 3.8) is 0 Å². The Hall–Kier alpha value is -2.02. The zero-order valence-electron chi connectivity index (χ0n) is 11.1. The summed E-state index contributed by atoms with van der Waals surface area (Å²) in [6, 6.07) is 3.21. The van der Waals surface area contributed by atoms with Crippen LogP contribution in [-0.2, 0) is 11.3 Å². The van der Waals surface area contributed by atoms with Crippen LogP contribution in [0.25, 0.3) is 10.4 Å². The van der Waals surface area contributed by atoms with Gasteiger partial charge in [-0.2, -0.15) is 0 Å². The lowest BCUT2D eigenvalue weighted by Gasteiger charge is -2.26. The van der Waals surface area contributed by atoms with E-state index in [1.165, 1.54) is 0 Å². The summed E-state index contributed by atoms with van der Waals surface area (Å²) in [6.07, 6.45) is 0. The first-order chi connectivity index (χ1) is 9.79. The Balaban J connectivity index is 1.73. The molecule has 1 amide bonds. The van der Waals surface area contributed by atoms with E-state index in [0.29, 0.717) is 12.3 Å². The second kappa shape index (κ2) is 7.54. The van der Waals surface area contributed by atoms with Gasteiger partial charge in [0.05, 0.1) is 19.8 Å². The summed E-state index contributed by atoms with van der Waals surface area (Å²) in [6.45, 7) is 4.74. The van der Waals surface area contributed by atoms with E-state index in [-0.39, 0.29) is 18.2 Å². The summed E-state index contributed by atoms with van der Waals surface area (Å²) in [4.78, 5) is 16.7. The second-order valence-corrected chi connectivity index (χ2v) is 4.36. The number of morpholine rings is 1. The molecule has 0 atom stereocenters. The summed E-state index contributed by atoms with van der Waals surface area (Å²) >= 11 is 0. The standard InChI is InChI=1S/C12H17N5O3/c13-16-15-9-10-1-2-11(20-10)12(18)14-3-4-17-5-7-19-8-6-17/h1-2H,3-9H2,(H,14,18). The lowest BCUT2D eigenvalue weighted by atomic mass is 10.4. The van der Waals surface area contributed by atoms with E-state index in [1.54, 1.807) is 12.1 Å². The van der Waals surface area contributed by atoms with Gasteiger partial charge in [0.2, 0.25) is 0 Å². The minimum atomic E-state index is -0.259. The molecule has 1 aliphatic rings. The van der Waals surface area contributed by atoms with Gasteiger partial charge in [0.1, 0.15) is 5.76 Å². The fourth-order valence-corrected chi connectivity index (χ4v) is 1.93. The third kappa shape index (κ3) is 4.27. The van der Waals surface area contributed by atoms with Gasteiger partial charge in [0.25, 0.3) is 5.91 Å². The molecule has 1 aliphatic heterocycles. The number of rotatable bonds is 6. The Labute approximate surface area is 116 Å². The van der Waals surface area contributed by atoms with Crippen molar-refractivity contribution in [2.75, 3.05) is 39.4 Å². The van der Waals surface area contributed by atoms with Crippen molar-refractivity contribution in [2.45, 2.75) is 6.54 Å². The van der Waals surface area contributed by atoms with E-state index in [1.807, 2.05) is 0 Å². The van der Waals surface area contributed by atoms with Crippen molar-refractivity contribution in [1.82, 2.24) is 10.2 Å². The maximum Gasteiger partial charge on any atom is 0.287 e. The molecule has 0 bridgehead atoms. The first kappa shape index (κ1) is 14.4. The molecule has 0 aliphatic carbocycles. The van der Waals surface area contributed by atoms with Gasteiger partial charge < -0.3 is 14.5 Å². The minimum absolute atomic E-state index is 0.109. The monoisotopic (exact) mass is 279 g/mol. The van der Waals surface area contributed by atoms with Crippen molar-refractivity contribution in [3.8, 4) is 0 Å². The fraction of sp³-hybridized carbons (Fsp3) is 0.583. The van der Waals surface area contributed by atoms with E-state index >= 15 is 0 Å². The van der Waals surface area contributed by atoms with Crippen molar-refractivity contribution < 1.29 is 13.9 Å². The van der Waals surface area contributed by atoms with Gasteiger partial charge in [-0.1, -0.05) is 5.11 Å². The van der Waals surface area contributed by atoms with Crippen LogP contribution < -0.4 is 5.32 Å². The number of furan rings is 1. The highest BCUT2D eigenvalue weighted by atomic mass is 16.5. The van der Waals surface area contributed by atoms with Crippen LogP contribution >= 0.6 is 0 Å². The van der Waals surface area contributed by atoms with E-state index in [4.69, 9.17) is 14.7 Å². The number of ether oxygens (including phenoxy) is 1. The summed E-state index contributed by atoms with van der Waals surface area (Å²) in [7, 11) is 0. The Kier molecular flexibility index (Phi) is 5.43. The first-order valence-electron chi connectivity index (χ1n) is 6.47. The SMILES string of the molecule is [N-]=[N+]=NCc1ccc(C(=O)NCCN2CCOCC2)o1. The lowest BCUT2D eigenvalue weighted by molar-refractivity contribution is 0.0382. The number of azide groups is 1. The number of carbonyl (C=O) groups excluding carboxylic acids is 1. The zero-order chi connectivity index (χ0) is 14.2. The zero-order valence-corrected chi connectivity index (χ0v) is 11.1. The van der Waals surface area contributed by atoms with Crippen molar-refractivity contribution in [2.24, 2.45) is 5.11 Å². The van der Waals surface area contributed by atoms with Crippen LogP contribution in [0.5, 0.6) is 0 Å². The molecule has 0 unspecified atom stereocenters. The van der Waals surface area contributed by atoms with E-state index < -0.39 is 0 Å². The molecular weight excluding hydrogens is 262 g/mol. The summed E-state index contributed by atoms with van der Waals surface area (Å²) < 4.78 is 10.5. The molecule has 8 nitrogen and oxygen atoms in total. The van der Waals surface area contributed by atoms with Gasteiger partial charge >= 0.3 is 0 Å². The normalized spacial score (nSPS) is 15.6. The van der Waals surface area contributed by atoms with Gasteiger partial charge in [-0.25, -0.2) is 0 Å². The maximum absolute atomic E-state index is 11.8. The van der Waals surface area contributed by atoms with Crippen LogP contribution in [-0.4, -0.2) is 50.2 Å². The van der Waals surface area contributed by atoms with E-state index in [2.05, 4.69) is 20.2 Å². The number of carbonyl (C=O) groups is 1. The number of nitrogens with zero attached hydrogens (tertiary/aromatic N) is 4. The molecule has 1 saturated heterocycles. The molecule has 1 aromatic heterocycles. The molecule has 108 valence electrons. The Morgan fingerprint density at radius 1 is 1.45 bits per heavy atom. The molecule has 2 rings (SSSR count). The van der Waals surface area contributed by atoms with E-state index in [9.17, 15) is 4.79 Å². The first-order valence-corrected chi connectivity index (χ1v) is 6.47. The number of nitrogens with one attached hydrogen (secondary N) is 1.